The number of benzene rings is 1. The lowest BCUT2D eigenvalue weighted by Gasteiger charge is -2.38. The monoisotopic (exact) mass is 294 g/mol. The first-order valence-electron chi connectivity index (χ1n) is 7.44. The highest BCUT2D eigenvalue weighted by molar-refractivity contribution is 7.99. The molecular formula is C16H26N2OS. The van der Waals surface area contributed by atoms with E-state index >= 15 is 0 Å². The first-order valence-corrected chi connectivity index (χ1v) is 8.59. The van der Waals surface area contributed by atoms with Crippen molar-refractivity contribution in [1.82, 2.24) is 10.2 Å². The van der Waals surface area contributed by atoms with E-state index in [1.807, 2.05) is 0 Å². The van der Waals surface area contributed by atoms with Crippen LogP contribution in [0.25, 0.3) is 0 Å². The van der Waals surface area contributed by atoms with Crippen LogP contribution >= 0.6 is 11.8 Å². The van der Waals surface area contributed by atoms with Gasteiger partial charge in [-0.15, -0.1) is 0 Å². The van der Waals surface area contributed by atoms with Crippen LogP contribution in [0.4, 0.5) is 0 Å². The maximum absolute atomic E-state index is 5.66. The zero-order valence-electron chi connectivity index (χ0n) is 12.8. The third-order valence-corrected chi connectivity index (χ3v) is 4.90. The second kappa shape index (κ2) is 7.91. The van der Waals surface area contributed by atoms with Crippen molar-refractivity contribution in [1.29, 1.82) is 0 Å². The van der Waals surface area contributed by atoms with Gasteiger partial charge in [-0.2, -0.15) is 11.8 Å². The van der Waals surface area contributed by atoms with Gasteiger partial charge < -0.3 is 10.1 Å². The molecule has 0 spiro atoms. The number of thioether (sulfide) groups is 1. The molecule has 0 bridgehead atoms. The predicted octanol–water partition coefficient (Wildman–Crippen LogP) is 2.78. The average molecular weight is 294 g/mol. The van der Waals surface area contributed by atoms with Gasteiger partial charge in [-0.3, -0.25) is 4.90 Å². The molecule has 1 N–H and O–H groups in total. The van der Waals surface area contributed by atoms with Crippen LogP contribution in [0.15, 0.2) is 24.3 Å². The Morgan fingerprint density at radius 3 is 2.75 bits per heavy atom. The number of hydrogen-bond donors (Lipinski definition) is 1. The lowest BCUT2D eigenvalue weighted by Crippen LogP contribution is -2.47. The molecule has 1 aliphatic rings. The third-order valence-electron chi connectivity index (χ3n) is 3.85. The number of nitrogens with zero attached hydrogens (tertiary/aromatic N) is 1. The van der Waals surface area contributed by atoms with Crippen molar-refractivity contribution >= 4 is 11.8 Å². The van der Waals surface area contributed by atoms with Gasteiger partial charge in [0.1, 0.15) is 5.75 Å². The average Bonchev–Trinajstić information content (AvgIpc) is 2.49. The fourth-order valence-corrected chi connectivity index (χ4v) is 3.90. The van der Waals surface area contributed by atoms with E-state index in [9.17, 15) is 0 Å². The molecule has 2 unspecified atom stereocenters. The Kier molecular flexibility index (Phi) is 6.20. The summed E-state index contributed by atoms with van der Waals surface area (Å²) in [6, 6.07) is 9.50. The van der Waals surface area contributed by atoms with Crippen LogP contribution in [-0.2, 0) is 0 Å². The summed E-state index contributed by atoms with van der Waals surface area (Å²) in [4.78, 5) is 2.47. The molecule has 20 heavy (non-hydrogen) atoms. The van der Waals surface area contributed by atoms with E-state index < -0.39 is 0 Å². The highest BCUT2D eigenvalue weighted by Gasteiger charge is 2.28. The van der Waals surface area contributed by atoms with Gasteiger partial charge in [0.15, 0.2) is 0 Å². The Morgan fingerprint density at radius 1 is 1.40 bits per heavy atom. The molecule has 2 rings (SSSR count). The van der Waals surface area contributed by atoms with Crippen molar-refractivity contribution in [2.24, 2.45) is 0 Å². The molecule has 0 amide bonds. The molecule has 3 nitrogen and oxygen atoms in total. The standard InChI is InChI=1S/C16H26N2OS/c1-4-10-19-14-7-5-13(6-8-14)16(17-2)15-12-20-11-9-18(15)3/h5-8,15-17H,4,9-12H2,1-3H3. The summed E-state index contributed by atoms with van der Waals surface area (Å²) < 4.78 is 5.66. The van der Waals surface area contributed by atoms with Gasteiger partial charge in [0.05, 0.1) is 6.61 Å². The Bertz CT molecular complexity index is 396. The molecule has 2 atom stereocenters. The zero-order chi connectivity index (χ0) is 14.4. The second-order valence-electron chi connectivity index (χ2n) is 5.31. The van der Waals surface area contributed by atoms with Gasteiger partial charge in [0, 0.05) is 30.1 Å². The summed E-state index contributed by atoms with van der Waals surface area (Å²) in [6.45, 7) is 4.09. The van der Waals surface area contributed by atoms with Crippen molar-refractivity contribution in [2.45, 2.75) is 25.4 Å². The molecule has 1 saturated heterocycles. The molecule has 0 radical (unpaired) electrons. The molecule has 1 aromatic rings. The summed E-state index contributed by atoms with van der Waals surface area (Å²) in [7, 11) is 4.28. The van der Waals surface area contributed by atoms with Crippen LogP contribution in [0, 0.1) is 0 Å². The quantitative estimate of drug-likeness (QED) is 0.872. The molecule has 112 valence electrons. The van der Waals surface area contributed by atoms with Crippen molar-refractivity contribution in [3.8, 4) is 5.75 Å². The van der Waals surface area contributed by atoms with Crippen molar-refractivity contribution < 1.29 is 4.74 Å². The molecule has 1 fully saturated rings. The normalized spacial score (nSPS) is 21.6. The molecular weight excluding hydrogens is 268 g/mol. The summed E-state index contributed by atoms with van der Waals surface area (Å²) in [6.07, 6.45) is 1.05. The van der Waals surface area contributed by atoms with Crippen molar-refractivity contribution in [3.63, 3.8) is 0 Å². The predicted molar refractivity (Wildman–Crippen MR) is 87.8 cm³/mol. The SMILES string of the molecule is CCCOc1ccc(C(NC)C2CSCCN2C)cc1. The first kappa shape index (κ1) is 15.7. The van der Waals surface area contributed by atoms with E-state index in [0.717, 1.165) is 18.8 Å². The highest BCUT2D eigenvalue weighted by Crippen LogP contribution is 2.27. The minimum atomic E-state index is 0.382. The Morgan fingerprint density at radius 2 is 2.15 bits per heavy atom. The van der Waals surface area contributed by atoms with Gasteiger partial charge in [-0.1, -0.05) is 19.1 Å². The van der Waals surface area contributed by atoms with Gasteiger partial charge in [0.25, 0.3) is 0 Å². The molecule has 1 aromatic carbocycles. The number of likely N-dealkylation sites (N-methyl/N-ethyl adjacent to an activating group) is 2. The number of hydrogen-bond acceptors (Lipinski definition) is 4. The van der Waals surface area contributed by atoms with E-state index in [1.54, 1.807) is 0 Å². The second-order valence-corrected chi connectivity index (χ2v) is 6.46. The molecule has 0 saturated carbocycles. The zero-order valence-corrected chi connectivity index (χ0v) is 13.6. The molecule has 1 aliphatic heterocycles. The lowest BCUT2D eigenvalue weighted by molar-refractivity contribution is 0.221. The number of ether oxygens (including phenoxy) is 1. The van der Waals surface area contributed by atoms with Crippen LogP contribution in [0.1, 0.15) is 24.9 Å². The summed E-state index contributed by atoms with van der Waals surface area (Å²) in [5.41, 5.74) is 1.34. The molecule has 1 heterocycles. The van der Waals surface area contributed by atoms with Crippen LogP contribution < -0.4 is 10.1 Å². The van der Waals surface area contributed by atoms with Crippen molar-refractivity contribution in [2.75, 3.05) is 38.8 Å². The summed E-state index contributed by atoms with van der Waals surface area (Å²) >= 11 is 2.05. The van der Waals surface area contributed by atoms with Gasteiger partial charge >= 0.3 is 0 Å². The van der Waals surface area contributed by atoms with Gasteiger partial charge in [0.2, 0.25) is 0 Å². The Balaban J connectivity index is 2.06. The Labute approximate surface area is 127 Å². The van der Waals surface area contributed by atoms with Crippen LogP contribution in [0.3, 0.4) is 0 Å². The van der Waals surface area contributed by atoms with E-state index in [4.69, 9.17) is 4.74 Å². The maximum atomic E-state index is 5.66. The van der Waals surface area contributed by atoms with Crippen molar-refractivity contribution in [3.05, 3.63) is 29.8 Å². The molecule has 0 aromatic heterocycles. The highest BCUT2D eigenvalue weighted by atomic mass is 32.2. The molecule has 0 aliphatic carbocycles. The molecule has 4 heteroatoms. The van der Waals surface area contributed by atoms with E-state index in [2.05, 4.69) is 67.3 Å². The van der Waals surface area contributed by atoms with E-state index in [1.165, 1.54) is 23.6 Å². The smallest absolute Gasteiger partial charge is 0.119 e. The van der Waals surface area contributed by atoms with Crippen LogP contribution in [0.5, 0.6) is 5.75 Å². The van der Waals surface area contributed by atoms with Crippen LogP contribution in [0.2, 0.25) is 0 Å². The van der Waals surface area contributed by atoms with Crippen LogP contribution in [-0.4, -0.2) is 49.7 Å². The first-order chi connectivity index (χ1) is 9.76. The largest absolute Gasteiger partial charge is 0.494 e. The number of rotatable bonds is 6. The van der Waals surface area contributed by atoms with Gasteiger partial charge in [-0.05, 0) is 38.2 Å². The van der Waals surface area contributed by atoms with Gasteiger partial charge in [-0.25, -0.2) is 0 Å². The summed E-state index contributed by atoms with van der Waals surface area (Å²) in [5, 5.41) is 3.49. The van der Waals surface area contributed by atoms with E-state index in [-0.39, 0.29) is 0 Å². The summed E-state index contributed by atoms with van der Waals surface area (Å²) in [5.74, 6) is 3.40. The minimum absolute atomic E-state index is 0.382. The Hall–Kier alpha value is -0.710. The fraction of sp³-hybridized carbons (Fsp3) is 0.625. The lowest BCUT2D eigenvalue weighted by atomic mass is 9.99. The minimum Gasteiger partial charge on any atom is -0.494 e. The van der Waals surface area contributed by atoms with E-state index in [0.29, 0.717) is 12.1 Å². The maximum Gasteiger partial charge on any atom is 0.119 e. The topological polar surface area (TPSA) is 24.5 Å². The number of nitrogens with one attached hydrogen (secondary N) is 1. The third kappa shape index (κ3) is 3.90. The fourth-order valence-electron chi connectivity index (χ4n) is 2.63.